The van der Waals surface area contributed by atoms with Gasteiger partial charge >= 0.3 is 5.97 Å². The van der Waals surface area contributed by atoms with Gasteiger partial charge in [0.05, 0.1) is 33.5 Å². The predicted molar refractivity (Wildman–Crippen MR) is 82.5 cm³/mol. The van der Waals surface area contributed by atoms with Crippen molar-refractivity contribution < 1.29 is 23.7 Å². The van der Waals surface area contributed by atoms with Gasteiger partial charge in [-0.1, -0.05) is 32.6 Å². The second-order valence-electron chi connectivity index (χ2n) is 4.93. The molecule has 5 heteroatoms. The minimum Gasteiger partial charge on any atom is -0.469 e. The number of ether oxygens (including phenoxy) is 4. The van der Waals surface area contributed by atoms with Crippen LogP contribution in [0.3, 0.4) is 0 Å². The van der Waals surface area contributed by atoms with E-state index >= 15 is 0 Å². The van der Waals surface area contributed by atoms with Crippen molar-refractivity contribution in [1.29, 1.82) is 0 Å². The van der Waals surface area contributed by atoms with Crippen LogP contribution in [0.5, 0.6) is 0 Å². The standard InChI is InChI=1S/C16H32O5/c1-3-4-5-6-7-10-19-12-14-21-15-13-20-11-8-9-16(17)18-2/h3-15H2,1-2H3. The van der Waals surface area contributed by atoms with Crippen LogP contribution >= 0.6 is 0 Å². The largest absolute Gasteiger partial charge is 0.469 e. The fourth-order valence-corrected chi connectivity index (χ4v) is 1.77. The summed E-state index contributed by atoms with van der Waals surface area (Å²) in [6.07, 6.45) is 7.40. The van der Waals surface area contributed by atoms with Crippen molar-refractivity contribution in [2.45, 2.75) is 51.9 Å². The first-order valence-corrected chi connectivity index (χ1v) is 8.11. The van der Waals surface area contributed by atoms with Gasteiger partial charge in [0.1, 0.15) is 0 Å². The summed E-state index contributed by atoms with van der Waals surface area (Å²) in [4.78, 5) is 10.8. The minimum atomic E-state index is -0.193. The van der Waals surface area contributed by atoms with Crippen molar-refractivity contribution in [1.82, 2.24) is 0 Å². The van der Waals surface area contributed by atoms with Crippen molar-refractivity contribution in [2.24, 2.45) is 0 Å². The Morgan fingerprint density at radius 2 is 1.24 bits per heavy atom. The van der Waals surface area contributed by atoms with E-state index in [0.29, 0.717) is 45.9 Å². The van der Waals surface area contributed by atoms with E-state index < -0.39 is 0 Å². The molecule has 0 saturated carbocycles. The molecule has 0 saturated heterocycles. The molecular formula is C16H32O5. The average Bonchev–Trinajstić information content (AvgIpc) is 2.50. The highest BCUT2D eigenvalue weighted by Crippen LogP contribution is 2.02. The van der Waals surface area contributed by atoms with Crippen LogP contribution in [0.1, 0.15) is 51.9 Å². The number of methoxy groups -OCH3 is 1. The summed E-state index contributed by atoms with van der Waals surface area (Å²) in [5.74, 6) is -0.193. The van der Waals surface area contributed by atoms with Gasteiger partial charge in [-0.3, -0.25) is 4.79 Å². The Morgan fingerprint density at radius 3 is 1.81 bits per heavy atom. The van der Waals surface area contributed by atoms with Crippen LogP contribution < -0.4 is 0 Å². The lowest BCUT2D eigenvalue weighted by molar-refractivity contribution is -0.141. The van der Waals surface area contributed by atoms with E-state index in [1.165, 1.54) is 32.8 Å². The van der Waals surface area contributed by atoms with Crippen LogP contribution in [-0.2, 0) is 23.7 Å². The lowest BCUT2D eigenvalue weighted by Crippen LogP contribution is -2.11. The highest BCUT2D eigenvalue weighted by molar-refractivity contribution is 5.68. The molecule has 0 aliphatic carbocycles. The SMILES string of the molecule is CCCCCCCOCCOCCOCCCC(=O)OC. The quantitative estimate of drug-likeness (QED) is 0.324. The smallest absolute Gasteiger partial charge is 0.305 e. The second-order valence-corrected chi connectivity index (χ2v) is 4.93. The zero-order chi connectivity index (χ0) is 15.6. The normalized spacial score (nSPS) is 10.8. The van der Waals surface area contributed by atoms with Crippen molar-refractivity contribution in [3.05, 3.63) is 0 Å². The first-order chi connectivity index (χ1) is 10.3. The minimum absolute atomic E-state index is 0.193. The summed E-state index contributed by atoms with van der Waals surface area (Å²) in [5.41, 5.74) is 0. The number of esters is 1. The summed E-state index contributed by atoms with van der Waals surface area (Å²) in [6.45, 7) is 5.99. The Balaban J connectivity index is 2.98. The Morgan fingerprint density at radius 1 is 0.714 bits per heavy atom. The molecule has 0 bridgehead atoms. The van der Waals surface area contributed by atoms with Gasteiger partial charge in [-0.2, -0.15) is 0 Å². The summed E-state index contributed by atoms with van der Waals surface area (Å²) >= 11 is 0. The molecule has 21 heavy (non-hydrogen) atoms. The molecule has 0 aromatic carbocycles. The fraction of sp³-hybridized carbons (Fsp3) is 0.938. The van der Waals surface area contributed by atoms with E-state index in [0.717, 1.165) is 13.0 Å². The van der Waals surface area contributed by atoms with Gasteiger partial charge in [0, 0.05) is 19.6 Å². The zero-order valence-corrected chi connectivity index (χ0v) is 13.7. The van der Waals surface area contributed by atoms with Gasteiger partial charge in [-0.15, -0.1) is 0 Å². The molecule has 0 aromatic heterocycles. The molecule has 5 nitrogen and oxygen atoms in total. The molecule has 0 unspecified atom stereocenters. The lowest BCUT2D eigenvalue weighted by atomic mass is 10.2. The molecule has 0 N–H and O–H groups in total. The molecule has 0 aromatic rings. The molecule has 0 radical (unpaired) electrons. The van der Waals surface area contributed by atoms with Gasteiger partial charge in [-0.05, 0) is 12.8 Å². The molecule has 0 rings (SSSR count). The first kappa shape index (κ1) is 20.3. The molecule has 0 spiro atoms. The molecule has 0 amide bonds. The van der Waals surface area contributed by atoms with Crippen molar-refractivity contribution in [2.75, 3.05) is 46.8 Å². The number of carbonyl (C=O) groups is 1. The number of unbranched alkanes of at least 4 members (excludes halogenated alkanes) is 4. The summed E-state index contributed by atoms with van der Waals surface area (Å²) < 4.78 is 20.7. The Labute approximate surface area is 129 Å². The summed E-state index contributed by atoms with van der Waals surface area (Å²) in [7, 11) is 1.39. The van der Waals surface area contributed by atoms with E-state index in [2.05, 4.69) is 11.7 Å². The van der Waals surface area contributed by atoms with E-state index in [-0.39, 0.29) is 5.97 Å². The molecule has 126 valence electrons. The topological polar surface area (TPSA) is 54.0 Å². The third kappa shape index (κ3) is 17.3. The maximum absolute atomic E-state index is 10.8. The van der Waals surface area contributed by atoms with Crippen LogP contribution in [0.25, 0.3) is 0 Å². The molecule has 0 aliphatic heterocycles. The van der Waals surface area contributed by atoms with Gasteiger partial charge < -0.3 is 18.9 Å². The van der Waals surface area contributed by atoms with Crippen LogP contribution in [0.2, 0.25) is 0 Å². The lowest BCUT2D eigenvalue weighted by Gasteiger charge is -2.06. The molecule has 0 aliphatic rings. The van der Waals surface area contributed by atoms with Crippen LogP contribution in [0.4, 0.5) is 0 Å². The van der Waals surface area contributed by atoms with Gasteiger partial charge in [-0.25, -0.2) is 0 Å². The fourth-order valence-electron chi connectivity index (χ4n) is 1.77. The van der Waals surface area contributed by atoms with Crippen molar-refractivity contribution >= 4 is 5.97 Å². The summed E-state index contributed by atoms with van der Waals surface area (Å²) in [5, 5.41) is 0. The molecule has 0 atom stereocenters. The van der Waals surface area contributed by atoms with Gasteiger partial charge in [0.15, 0.2) is 0 Å². The maximum Gasteiger partial charge on any atom is 0.305 e. The summed E-state index contributed by atoms with van der Waals surface area (Å²) in [6, 6.07) is 0. The van der Waals surface area contributed by atoms with Crippen molar-refractivity contribution in [3.63, 3.8) is 0 Å². The predicted octanol–water partition coefficient (Wildman–Crippen LogP) is 2.96. The number of hydrogen-bond acceptors (Lipinski definition) is 5. The highest BCUT2D eigenvalue weighted by atomic mass is 16.5. The van der Waals surface area contributed by atoms with Crippen LogP contribution in [0, 0.1) is 0 Å². The van der Waals surface area contributed by atoms with Crippen LogP contribution in [-0.4, -0.2) is 52.7 Å². The Bertz CT molecular complexity index is 221. The third-order valence-corrected chi connectivity index (χ3v) is 3.03. The number of carbonyl (C=O) groups excluding carboxylic acids is 1. The Hall–Kier alpha value is -0.650. The van der Waals surface area contributed by atoms with Gasteiger partial charge in [0.2, 0.25) is 0 Å². The monoisotopic (exact) mass is 304 g/mol. The first-order valence-electron chi connectivity index (χ1n) is 8.11. The van der Waals surface area contributed by atoms with E-state index in [9.17, 15) is 4.79 Å². The maximum atomic E-state index is 10.8. The Kier molecular flexibility index (Phi) is 16.9. The zero-order valence-electron chi connectivity index (χ0n) is 13.7. The van der Waals surface area contributed by atoms with E-state index in [4.69, 9.17) is 14.2 Å². The molecule has 0 heterocycles. The van der Waals surface area contributed by atoms with Gasteiger partial charge in [0.25, 0.3) is 0 Å². The number of hydrogen-bond donors (Lipinski definition) is 0. The van der Waals surface area contributed by atoms with E-state index in [1.807, 2.05) is 0 Å². The highest BCUT2D eigenvalue weighted by Gasteiger charge is 1.99. The molecule has 0 fully saturated rings. The molecular weight excluding hydrogens is 272 g/mol. The second kappa shape index (κ2) is 17.4. The van der Waals surface area contributed by atoms with Crippen LogP contribution in [0.15, 0.2) is 0 Å². The average molecular weight is 304 g/mol. The number of rotatable bonds is 16. The third-order valence-electron chi connectivity index (χ3n) is 3.03. The van der Waals surface area contributed by atoms with Crippen molar-refractivity contribution in [3.8, 4) is 0 Å². The van der Waals surface area contributed by atoms with E-state index in [1.54, 1.807) is 0 Å².